The average Bonchev–Trinajstić information content (AvgIpc) is 2.56. The number of primary amides is 1. The minimum atomic E-state index is -0.584. The van der Waals surface area contributed by atoms with Gasteiger partial charge in [0.25, 0.3) is 5.91 Å². The molecule has 0 saturated carbocycles. The highest BCUT2D eigenvalue weighted by atomic mass is 16.5. The van der Waals surface area contributed by atoms with Gasteiger partial charge in [-0.1, -0.05) is 6.07 Å². The summed E-state index contributed by atoms with van der Waals surface area (Å²) in [4.78, 5) is 27.4. The number of benzene rings is 1. The van der Waals surface area contributed by atoms with E-state index in [9.17, 15) is 9.59 Å². The fourth-order valence-corrected chi connectivity index (χ4v) is 1.79. The second-order valence-corrected chi connectivity index (χ2v) is 4.63. The molecule has 0 aliphatic heterocycles. The molecule has 1 heterocycles. The maximum Gasteiger partial charge on any atom is 0.255 e. The largest absolute Gasteiger partial charge is 0.475 e. The lowest BCUT2D eigenvalue weighted by Crippen LogP contribution is -2.15. The van der Waals surface area contributed by atoms with E-state index in [1.807, 2.05) is 0 Å². The van der Waals surface area contributed by atoms with Crippen molar-refractivity contribution in [3.63, 3.8) is 0 Å². The molecule has 7 nitrogen and oxygen atoms in total. The van der Waals surface area contributed by atoms with Crippen molar-refractivity contribution < 1.29 is 19.1 Å². The SMILES string of the molecule is COCCOc1ccc(NC(=O)c2cccc(C(N)=O)c2)cn1. The Bertz CT molecular complexity index is 686. The van der Waals surface area contributed by atoms with Crippen molar-refractivity contribution in [3.05, 3.63) is 53.7 Å². The lowest BCUT2D eigenvalue weighted by Gasteiger charge is -2.07. The van der Waals surface area contributed by atoms with Crippen LogP contribution in [-0.4, -0.2) is 37.1 Å². The number of aromatic nitrogens is 1. The first kappa shape index (κ1) is 16.4. The maximum absolute atomic E-state index is 12.1. The Morgan fingerprint density at radius 2 is 1.96 bits per heavy atom. The van der Waals surface area contributed by atoms with E-state index >= 15 is 0 Å². The number of hydrogen-bond donors (Lipinski definition) is 2. The minimum absolute atomic E-state index is 0.276. The van der Waals surface area contributed by atoms with Gasteiger partial charge in [-0.3, -0.25) is 9.59 Å². The number of nitrogens with one attached hydrogen (secondary N) is 1. The van der Waals surface area contributed by atoms with E-state index in [2.05, 4.69) is 10.3 Å². The number of nitrogens with zero attached hydrogens (tertiary/aromatic N) is 1. The second-order valence-electron chi connectivity index (χ2n) is 4.63. The molecule has 0 saturated heterocycles. The van der Waals surface area contributed by atoms with E-state index in [-0.39, 0.29) is 11.5 Å². The highest BCUT2D eigenvalue weighted by Crippen LogP contribution is 2.13. The minimum Gasteiger partial charge on any atom is -0.475 e. The van der Waals surface area contributed by atoms with Crippen LogP contribution < -0.4 is 15.8 Å². The summed E-state index contributed by atoms with van der Waals surface area (Å²) in [5, 5.41) is 2.69. The highest BCUT2D eigenvalue weighted by Gasteiger charge is 2.09. The molecule has 23 heavy (non-hydrogen) atoms. The lowest BCUT2D eigenvalue weighted by atomic mass is 10.1. The van der Waals surface area contributed by atoms with Crippen molar-refractivity contribution in [1.82, 2.24) is 4.98 Å². The van der Waals surface area contributed by atoms with Crippen molar-refractivity contribution in [2.24, 2.45) is 5.73 Å². The molecule has 0 bridgehead atoms. The number of amides is 2. The number of nitrogens with two attached hydrogens (primary N) is 1. The van der Waals surface area contributed by atoms with Crippen LogP contribution in [0.1, 0.15) is 20.7 Å². The third kappa shape index (κ3) is 4.79. The van der Waals surface area contributed by atoms with Crippen LogP contribution >= 0.6 is 0 Å². The summed E-state index contributed by atoms with van der Waals surface area (Å²) in [6, 6.07) is 9.49. The Morgan fingerprint density at radius 3 is 2.61 bits per heavy atom. The molecule has 0 unspecified atom stereocenters. The van der Waals surface area contributed by atoms with Gasteiger partial charge >= 0.3 is 0 Å². The van der Waals surface area contributed by atoms with Gasteiger partial charge in [0, 0.05) is 24.3 Å². The summed E-state index contributed by atoms with van der Waals surface area (Å²) in [6.07, 6.45) is 1.48. The number of pyridine rings is 1. The Hall–Kier alpha value is -2.93. The molecule has 0 radical (unpaired) electrons. The molecular formula is C16H17N3O4. The molecule has 1 aromatic heterocycles. The lowest BCUT2D eigenvalue weighted by molar-refractivity contribution is 0.1000. The number of carbonyl (C=O) groups is 2. The Balaban J connectivity index is 2.00. The molecule has 7 heteroatoms. The molecule has 2 amide bonds. The predicted octanol–water partition coefficient (Wildman–Crippen LogP) is 1.46. The van der Waals surface area contributed by atoms with Gasteiger partial charge in [-0.05, 0) is 24.3 Å². The van der Waals surface area contributed by atoms with Gasteiger partial charge in [0.1, 0.15) is 6.61 Å². The molecule has 1 aromatic carbocycles. The zero-order chi connectivity index (χ0) is 16.7. The topological polar surface area (TPSA) is 104 Å². The number of methoxy groups -OCH3 is 1. The van der Waals surface area contributed by atoms with Crippen LogP contribution in [0, 0.1) is 0 Å². The molecule has 0 spiro atoms. The Morgan fingerprint density at radius 1 is 1.17 bits per heavy atom. The van der Waals surface area contributed by atoms with Crippen molar-refractivity contribution in [1.29, 1.82) is 0 Å². The number of rotatable bonds is 7. The van der Waals surface area contributed by atoms with Gasteiger partial charge < -0.3 is 20.5 Å². The fraction of sp³-hybridized carbons (Fsp3) is 0.188. The van der Waals surface area contributed by atoms with Gasteiger partial charge in [-0.25, -0.2) is 4.98 Å². The monoisotopic (exact) mass is 315 g/mol. The number of ether oxygens (including phenoxy) is 2. The molecule has 120 valence electrons. The summed E-state index contributed by atoms with van der Waals surface area (Å²) < 4.78 is 10.2. The van der Waals surface area contributed by atoms with E-state index in [0.717, 1.165) is 0 Å². The van der Waals surface area contributed by atoms with E-state index in [1.165, 1.54) is 12.3 Å². The average molecular weight is 315 g/mol. The van der Waals surface area contributed by atoms with Crippen LogP contribution in [0.4, 0.5) is 5.69 Å². The smallest absolute Gasteiger partial charge is 0.255 e. The van der Waals surface area contributed by atoms with Crippen molar-refractivity contribution >= 4 is 17.5 Å². The van der Waals surface area contributed by atoms with Gasteiger partial charge in [-0.2, -0.15) is 0 Å². The van der Waals surface area contributed by atoms with E-state index in [1.54, 1.807) is 37.4 Å². The first-order chi connectivity index (χ1) is 11.1. The third-order valence-corrected chi connectivity index (χ3v) is 2.94. The molecule has 0 fully saturated rings. The van der Waals surface area contributed by atoms with Gasteiger partial charge in [0.15, 0.2) is 0 Å². The first-order valence-corrected chi connectivity index (χ1v) is 6.89. The normalized spacial score (nSPS) is 10.1. The molecule has 0 aliphatic rings. The second kappa shape index (κ2) is 7.90. The molecule has 3 N–H and O–H groups in total. The van der Waals surface area contributed by atoms with Crippen LogP contribution in [0.25, 0.3) is 0 Å². The van der Waals surface area contributed by atoms with Gasteiger partial charge in [0.05, 0.1) is 18.5 Å². The van der Waals surface area contributed by atoms with E-state index in [4.69, 9.17) is 15.2 Å². The van der Waals surface area contributed by atoms with Crippen LogP contribution in [0.5, 0.6) is 5.88 Å². The first-order valence-electron chi connectivity index (χ1n) is 6.89. The Labute approximate surface area is 133 Å². The maximum atomic E-state index is 12.1. The Kier molecular flexibility index (Phi) is 5.65. The predicted molar refractivity (Wildman–Crippen MR) is 84.5 cm³/mol. The number of hydrogen-bond acceptors (Lipinski definition) is 5. The summed E-state index contributed by atoms with van der Waals surface area (Å²) in [7, 11) is 1.59. The van der Waals surface area contributed by atoms with Crippen LogP contribution in [-0.2, 0) is 4.74 Å². The molecule has 0 atom stereocenters. The van der Waals surface area contributed by atoms with Crippen molar-refractivity contribution in [2.75, 3.05) is 25.6 Å². The molecular weight excluding hydrogens is 298 g/mol. The van der Waals surface area contributed by atoms with E-state index < -0.39 is 5.91 Å². The number of anilines is 1. The van der Waals surface area contributed by atoms with Gasteiger partial charge in [0.2, 0.25) is 11.8 Å². The van der Waals surface area contributed by atoms with Gasteiger partial charge in [-0.15, -0.1) is 0 Å². The zero-order valence-corrected chi connectivity index (χ0v) is 12.6. The summed E-state index contributed by atoms with van der Waals surface area (Å²) in [5.41, 5.74) is 6.32. The summed E-state index contributed by atoms with van der Waals surface area (Å²) in [6.45, 7) is 0.867. The van der Waals surface area contributed by atoms with Crippen molar-refractivity contribution in [2.45, 2.75) is 0 Å². The standard InChI is InChI=1S/C16H17N3O4/c1-22-7-8-23-14-6-5-13(10-18-14)19-16(21)12-4-2-3-11(9-12)15(17)20/h2-6,9-10H,7-8H2,1H3,(H2,17,20)(H,19,21). The fourth-order valence-electron chi connectivity index (χ4n) is 1.79. The summed E-state index contributed by atoms with van der Waals surface area (Å²) >= 11 is 0. The quantitative estimate of drug-likeness (QED) is 0.753. The van der Waals surface area contributed by atoms with Crippen LogP contribution in [0.2, 0.25) is 0 Å². The molecule has 2 rings (SSSR count). The highest BCUT2D eigenvalue weighted by molar-refractivity contribution is 6.05. The summed E-state index contributed by atoms with van der Waals surface area (Å²) in [5.74, 6) is -0.502. The van der Waals surface area contributed by atoms with Crippen LogP contribution in [0.3, 0.4) is 0 Å². The number of carbonyl (C=O) groups excluding carboxylic acids is 2. The third-order valence-electron chi connectivity index (χ3n) is 2.94. The van der Waals surface area contributed by atoms with Crippen LogP contribution in [0.15, 0.2) is 42.6 Å². The molecule has 0 aliphatic carbocycles. The van der Waals surface area contributed by atoms with Crippen molar-refractivity contribution in [3.8, 4) is 5.88 Å². The molecule has 2 aromatic rings. The van der Waals surface area contributed by atoms with E-state index in [0.29, 0.717) is 30.3 Å². The zero-order valence-electron chi connectivity index (χ0n) is 12.6.